The van der Waals surface area contributed by atoms with Crippen molar-refractivity contribution >= 4 is 5.91 Å². The minimum absolute atomic E-state index is 0.119. The number of benzene rings is 1. The van der Waals surface area contributed by atoms with E-state index in [9.17, 15) is 4.79 Å². The fourth-order valence-corrected chi connectivity index (χ4v) is 2.30. The Bertz CT molecular complexity index is 659. The summed E-state index contributed by atoms with van der Waals surface area (Å²) in [6.45, 7) is 3.94. The predicted molar refractivity (Wildman–Crippen MR) is 81.3 cm³/mol. The first kappa shape index (κ1) is 15.9. The van der Waals surface area contributed by atoms with Gasteiger partial charge < -0.3 is 18.9 Å². The van der Waals surface area contributed by atoms with Crippen LogP contribution < -0.4 is 9.47 Å². The maximum Gasteiger partial charge on any atom is 0.259 e. The lowest BCUT2D eigenvalue weighted by Crippen LogP contribution is -2.27. The number of carbonyl (C=O) groups is 1. The van der Waals surface area contributed by atoms with Gasteiger partial charge in [-0.2, -0.15) is 0 Å². The lowest BCUT2D eigenvalue weighted by Gasteiger charge is -2.18. The first-order valence-electron chi connectivity index (χ1n) is 6.87. The van der Waals surface area contributed by atoms with Crippen molar-refractivity contribution in [2.45, 2.75) is 20.4 Å². The van der Waals surface area contributed by atoms with E-state index in [1.807, 2.05) is 18.2 Å². The van der Waals surface area contributed by atoms with Crippen molar-refractivity contribution in [1.29, 1.82) is 0 Å². The average molecular weight is 304 g/mol. The number of rotatable bonds is 5. The molecule has 118 valence electrons. The van der Waals surface area contributed by atoms with Crippen molar-refractivity contribution < 1.29 is 18.8 Å². The molecule has 0 aliphatic rings. The summed E-state index contributed by atoms with van der Waals surface area (Å²) in [7, 11) is 4.91. The van der Waals surface area contributed by atoms with Gasteiger partial charge in [-0.1, -0.05) is 11.2 Å². The molecule has 6 heteroatoms. The summed E-state index contributed by atoms with van der Waals surface area (Å²) >= 11 is 0. The van der Waals surface area contributed by atoms with Crippen molar-refractivity contribution in [1.82, 2.24) is 10.1 Å². The molecular formula is C16H20N2O4. The molecule has 0 saturated carbocycles. The molecule has 1 aromatic carbocycles. The number of ether oxygens (including phenoxy) is 2. The third kappa shape index (κ3) is 3.05. The zero-order chi connectivity index (χ0) is 16.3. The first-order valence-corrected chi connectivity index (χ1v) is 6.87. The lowest BCUT2D eigenvalue weighted by atomic mass is 10.1. The van der Waals surface area contributed by atoms with Gasteiger partial charge in [0.15, 0.2) is 11.5 Å². The number of amides is 1. The minimum Gasteiger partial charge on any atom is -0.493 e. The van der Waals surface area contributed by atoms with Crippen LogP contribution in [-0.4, -0.2) is 37.2 Å². The molecule has 6 nitrogen and oxygen atoms in total. The molecule has 1 amide bonds. The topological polar surface area (TPSA) is 64.8 Å². The molecule has 1 aromatic heterocycles. The number of aromatic nitrogens is 1. The highest BCUT2D eigenvalue weighted by Crippen LogP contribution is 2.28. The number of aryl methyl sites for hydroxylation is 2. The van der Waals surface area contributed by atoms with E-state index in [1.54, 1.807) is 40.0 Å². The van der Waals surface area contributed by atoms with Crippen molar-refractivity contribution in [2.75, 3.05) is 21.3 Å². The first-order chi connectivity index (χ1) is 10.5. The molecule has 0 bridgehead atoms. The van der Waals surface area contributed by atoms with Crippen LogP contribution in [0.25, 0.3) is 0 Å². The van der Waals surface area contributed by atoms with Crippen LogP contribution in [-0.2, 0) is 6.54 Å². The predicted octanol–water partition coefficient (Wildman–Crippen LogP) is 2.58. The molecule has 0 N–H and O–H groups in total. The molecule has 0 atom stereocenters. The highest BCUT2D eigenvalue weighted by molar-refractivity contribution is 5.95. The van der Waals surface area contributed by atoms with E-state index in [2.05, 4.69) is 5.16 Å². The van der Waals surface area contributed by atoms with Crippen molar-refractivity contribution in [2.24, 2.45) is 0 Å². The second-order valence-corrected chi connectivity index (χ2v) is 5.05. The highest BCUT2D eigenvalue weighted by Gasteiger charge is 2.21. The van der Waals surface area contributed by atoms with E-state index in [4.69, 9.17) is 14.0 Å². The summed E-state index contributed by atoms with van der Waals surface area (Å²) < 4.78 is 15.5. The molecule has 0 radical (unpaired) electrons. The summed E-state index contributed by atoms with van der Waals surface area (Å²) in [4.78, 5) is 14.1. The Morgan fingerprint density at radius 3 is 2.45 bits per heavy atom. The molecule has 0 fully saturated rings. The second-order valence-electron chi connectivity index (χ2n) is 5.05. The smallest absolute Gasteiger partial charge is 0.259 e. The average Bonchev–Trinajstić information content (AvgIpc) is 2.85. The monoisotopic (exact) mass is 304 g/mol. The molecule has 2 aromatic rings. The Hall–Kier alpha value is -2.50. The maximum absolute atomic E-state index is 12.5. The Kier molecular flexibility index (Phi) is 4.70. The van der Waals surface area contributed by atoms with Crippen LogP contribution in [0.5, 0.6) is 11.5 Å². The fourth-order valence-electron chi connectivity index (χ4n) is 2.30. The van der Waals surface area contributed by atoms with E-state index in [-0.39, 0.29) is 5.91 Å². The molecule has 22 heavy (non-hydrogen) atoms. The van der Waals surface area contributed by atoms with Gasteiger partial charge in [0.1, 0.15) is 11.3 Å². The maximum atomic E-state index is 12.5. The van der Waals surface area contributed by atoms with Crippen LogP contribution in [0.3, 0.4) is 0 Å². The third-order valence-corrected chi connectivity index (χ3v) is 3.46. The largest absolute Gasteiger partial charge is 0.493 e. The standard InChI is InChI=1S/C16H20N2O4/c1-10-15(11(2)22-17-10)16(19)18(3)9-12-6-7-13(20-4)14(8-12)21-5/h6-8H,9H2,1-5H3. The zero-order valence-corrected chi connectivity index (χ0v) is 13.5. The number of hydrogen-bond donors (Lipinski definition) is 0. The Labute approximate surface area is 129 Å². The number of carbonyl (C=O) groups excluding carboxylic acids is 1. The summed E-state index contributed by atoms with van der Waals surface area (Å²) in [6.07, 6.45) is 0. The number of hydrogen-bond acceptors (Lipinski definition) is 5. The number of methoxy groups -OCH3 is 2. The van der Waals surface area contributed by atoms with Crippen molar-refractivity contribution in [3.8, 4) is 11.5 Å². The quantitative estimate of drug-likeness (QED) is 0.849. The molecular weight excluding hydrogens is 284 g/mol. The zero-order valence-electron chi connectivity index (χ0n) is 13.5. The number of nitrogens with zero attached hydrogens (tertiary/aromatic N) is 2. The van der Waals surface area contributed by atoms with E-state index >= 15 is 0 Å². The van der Waals surface area contributed by atoms with Crippen molar-refractivity contribution in [3.63, 3.8) is 0 Å². The van der Waals surface area contributed by atoms with Gasteiger partial charge in [0.05, 0.1) is 19.9 Å². The van der Waals surface area contributed by atoms with E-state index < -0.39 is 0 Å². The van der Waals surface area contributed by atoms with Gasteiger partial charge in [-0.05, 0) is 31.5 Å². The van der Waals surface area contributed by atoms with Crippen LogP contribution in [0.4, 0.5) is 0 Å². The van der Waals surface area contributed by atoms with Gasteiger partial charge >= 0.3 is 0 Å². The van der Waals surface area contributed by atoms with Crippen molar-refractivity contribution in [3.05, 3.63) is 40.8 Å². The van der Waals surface area contributed by atoms with E-state index in [0.29, 0.717) is 35.1 Å². The van der Waals surface area contributed by atoms with Crippen LogP contribution in [0, 0.1) is 13.8 Å². The van der Waals surface area contributed by atoms with Gasteiger partial charge in [0, 0.05) is 13.6 Å². The molecule has 2 rings (SSSR count). The fraction of sp³-hybridized carbons (Fsp3) is 0.375. The van der Waals surface area contributed by atoms with Crippen LogP contribution in [0.15, 0.2) is 22.7 Å². The minimum atomic E-state index is -0.119. The lowest BCUT2D eigenvalue weighted by molar-refractivity contribution is 0.0782. The van der Waals surface area contributed by atoms with Gasteiger partial charge in [0.2, 0.25) is 0 Å². The van der Waals surface area contributed by atoms with Crippen LogP contribution >= 0.6 is 0 Å². The molecule has 0 spiro atoms. The van der Waals surface area contributed by atoms with Gasteiger partial charge in [-0.25, -0.2) is 0 Å². The van der Waals surface area contributed by atoms with Crippen LogP contribution in [0.1, 0.15) is 27.4 Å². The molecule has 0 saturated heterocycles. The Morgan fingerprint density at radius 2 is 1.91 bits per heavy atom. The Balaban J connectivity index is 2.18. The third-order valence-electron chi connectivity index (χ3n) is 3.46. The summed E-state index contributed by atoms with van der Waals surface area (Å²) in [5.74, 6) is 1.71. The second kappa shape index (κ2) is 6.51. The summed E-state index contributed by atoms with van der Waals surface area (Å²) in [5.41, 5.74) is 2.06. The van der Waals surface area contributed by atoms with E-state index in [1.165, 1.54) is 0 Å². The summed E-state index contributed by atoms with van der Waals surface area (Å²) in [5, 5.41) is 3.82. The highest BCUT2D eigenvalue weighted by atomic mass is 16.5. The Morgan fingerprint density at radius 1 is 1.23 bits per heavy atom. The summed E-state index contributed by atoms with van der Waals surface area (Å²) in [6, 6.07) is 5.58. The molecule has 0 aliphatic heterocycles. The molecule has 0 aliphatic carbocycles. The van der Waals surface area contributed by atoms with Gasteiger partial charge in [-0.3, -0.25) is 4.79 Å². The van der Waals surface area contributed by atoms with Crippen LogP contribution in [0.2, 0.25) is 0 Å². The molecule has 0 unspecified atom stereocenters. The SMILES string of the molecule is COc1ccc(CN(C)C(=O)c2c(C)noc2C)cc1OC. The van der Waals surface area contributed by atoms with Gasteiger partial charge in [-0.15, -0.1) is 0 Å². The molecule has 1 heterocycles. The normalized spacial score (nSPS) is 10.4. The van der Waals surface area contributed by atoms with E-state index in [0.717, 1.165) is 5.56 Å². The van der Waals surface area contributed by atoms with Gasteiger partial charge in [0.25, 0.3) is 5.91 Å².